The topological polar surface area (TPSA) is 60.3 Å². The van der Waals surface area contributed by atoms with E-state index in [1.165, 1.54) is 31.4 Å². The maximum absolute atomic E-state index is 13.6. The number of fused-ring (bicyclic) bond motifs is 1. The van der Waals surface area contributed by atoms with Crippen molar-refractivity contribution in [3.63, 3.8) is 0 Å². The average molecular weight is 465 g/mol. The molecule has 0 unspecified atom stereocenters. The number of ether oxygens (including phenoxy) is 1. The van der Waals surface area contributed by atoms with E-state index in [9.17, 15) is 9.18 Å². The molecule has 0 spiro atoms. The van der Waals surface area contributed by atoms with Crippen molar-refractivity contribution < 1.29 is 9.13 Å². The number of halogens is 1. The molecule has 1 saturated carbocycles. The van der Waals surface area contributed by atoms with Crippen molar-refractivity contribution in [2.24, 2.45) is 5.92 Å². The highest BCUT2D eigenvalue weighted by molar-refractivity contribution is 5.75. The Morgan fingerprint density at radius 2 is 1.74 bits per heavy atom. The Morgan fingerprint density at radius 3 is 2.50 bits per heavy atom. The van der Waals surface area contributed by atoms with Gasteiger partial charge in [-0.2, -0.15) is 0 Å². The Bertz CT molecular complexity index is 1170. The van der Waals surface area contributed by atoms with Crippen molar-refractivity contribution in [2.75, 3.05) is 32.8 Å². The normalized spacial score (nSPS) is 17.9. The second-order valence-electron chi connectivity index (χ2n) is 9.58. The molecule has 1 aliphatic heterocycles. The molecule has 0 atom stereocenters. The van der Waals surface area contributed by atoms with Crippen LogP contribution >= 0.6 is 0 Å². The van der Waals surface area contributed by atoms with E-state index in [2.05, 4.69) is 4.90 Å². The quantitative estimate of drug-likeness (QED) is 0.517. The summed E-state index contributed by atoms with van der Waals surface area (Å²) >= 11 is 0. The highest BCUT2D eigenvalue weighted by Crippen LogP contribution is 2.26. The second-order valence-corrected chi connectivity index (χ2v) is 9.58. The van der Waals surface area contributed by atoms with Crippen molar-refractivity contribution in [2.45, 2.75) is 51.5 Å². The Kier molecular flexibility index (Phi) is 7.30. The molecule has 34 heavy (non-hydrogen) atoms. The van der Waals surface area contributed by atoms with Gasteiger partial charge in [0, 0.05) is 25.2 Å². The van der Waals surface area contributed by atoms with Crippen molar-refractivity contribution in [1.29, 1.82) is 0 Å². The smallest absolute Gasteiger partial charge is 0.273 e. The Balaban J connectivity index is 1.46. The molecule has 0 bridgehead atoms. The number of nitrogens with zero attached hydrogens (tertiary/aromatic N) is 4. The van der Waals surface area contributed by atoms with Crippen LogP contribution in [0.1, 0.15) is 44.2 Å². The lowest BCUT2D eigenvalue weighted by Gasteiger charge is -2.26. The van der Waals surface area contributed by atoms with Crippen LogP contribution in [0, 0.1) is 11.7 Å². The summed E-state index contributed by atoms with van der Waals surface area (Å²) in [5, 5.41) is 0. The van der Waals surface area contributed by atoms with Gasteiger partial charge in [-0.3, -0.25) is 14.3 Å². The van der Waals surface area contributed by atoms with Crippen molar-refractivity contribution in [3.8, 4) is 11.3 Å². The zero-order chi connectivity index (χ0) is 23.3. The van der Waals surface area contributed by atoms with Gasteiger partial charge in [0.2, 0.25) is 0 Å². The largest absolute Gasteiger partial charge is 0.379 e. The molecule has 2 aliphatic rings. The van der Waals surface area contributed by atoms with Gasteiger partial charge < -0.3 is 4.74 Å². The number of hydrogen-bond acceptors (Lipinski definition) is 5. The van der Waals surface area contributed by atoms with E-state index in [1.54, 1.807) is 12.1 Å². The number of morpholine rings is 1. The minimum atomic E-state index is -0.276. The first kappa shape index (κ1) is 23.1. The third-order valence-corrected chi connectivity index (χ3v) is 7.15. The number of rotatable bonds is 7. The average Bonchev–Trinajstić information content (AvgIpc) is 2.88. The molecule has 0 amide bonds. The van der Waals surface area contributed by atoms with Crippen LogP contribution in [0.4, 0.5) is 4.39 Å². The molecule has 3 aromatic rings. The molecule has 2 aromatic heterocycles. The van der Waals surface area contributed by atoms with Gasteiger partial charge in [0.15, 0.2) is 5.65 Å². The van der Waals surface area contributed by atoms with Gasteiger partial charge in [0.05, 0.1) is 18.9 Å². The predicted octanol–water partition coefficient (Wildman–Crippen LogP) is 4.44. The molecule has 5 rings (SSSR count). The van der Waals surface area contributed by atoms with Crippen LogP contribution in [0.2, 0.25) is 0 Å². The lowest BCUT2D eigenvalue weighted by Crippen LogP contribution is -2.37. The maximum atomic E-state index is 13.6. The van der Waals surface area contributed by atoms with Gasteiger partial charge in [-0.25, -0.2) is 14.4 Å². The molecular weight excluding hydrogens is 431 g/mol. The fourth-order valence-electron chi connectivity index (χ4n) is 5.21. The summed E-state index contributed by atoms with van der Waals surface area (Å²) in [6.45, 7) is 5.11. The van der Waals surface area contributed by atoms with E-state index in [0.717, 1.165) is 68.9 Å². The van der Waals surface area contributed by atoms with Crippen LogP contribution in [-0.4, -0.2) is 52.3 Å². The van der Waals surface area contributed by atoms with Crippen LogP contribution in [0.15, 0.2) is 41.2 Å². The molecule has 2 fully saturated rings. The number of hydrogen-bond donors (Lipinski definition) is 0. The number of aryl methyl sites for hydroxylation is 1. The SMILES string of the molecule is O=c1c(CCCN2CCOCC2)nc2ccc(-c3ccc(F)cc3)nc2n1CC1CCCCC1. The van der Waals surface area contributed by atoms with Gasteiger partial charge in [0.1, 0.15) is 17.0 Å². The predicted molar refractivity (Wildman–Crippen MR) is 131 cm³/mol. The van der Waals surface area contributed by atoms with Gasteiger partial charge in [-0.05, 0) is 74.5 Å². The summed E-state index contributed by atoms with van der Waals surface area (Å²) in [6.07, 6.45) is 7.60. The van der Waals surface area contributed by atoms with Crippen molar-refractivity contribution in [1.82, 2.24) is 19.4 Å². The molecule has 6 nitrogen and oxygen atoms in total. The summed E-state index contributed by atoms with van der Waals surface area (Å²) < 4.78 is 20.7. The molecule has 180 valence electrons. The summed E-state index contributed by atoms with van der Waals surface area (Å²) in [7, 11) is 0. The zero-order valence-corrected chi connectivity index (χ0v) is 19.7. The minimum Gasteiger partial charge on any atom is -0.379 e. The van der Waals surface area contributed by atoms with Gasteiger partial charge in [-0.15, -0.1) is 0 Å². The van der Waals surface area contributed by atoms with Crippen LogP contribution in [0.3, 0.4) is 0 Å². The summed E-state index contributed by atoms with van der Waals surface area (Å²) in [5.74, 6) is 0.219. The van der Waals surface area contributed by atoms with Crippen molar-refractivity contribution in [3.05, 3.63) is 58.3 Å². The number of benzene rings is 1. The molecule has 1 saturated heterocycles. The van der Waals surface area contributed by atoms with E-state index >= 15 is 0 Å². The van der Waals surface area contributed by atoms with E-state index in [1.807, 2.05) is 16.7 Å². The first-order chi connectivity index (χ1) is 16.7. The fraction of sp³-hybridized carbons (Fsp3) is 0.519. The highest BCUT2D eigenvalue weighted by Gasteiger charge is 2.20. The standard InChI is InChI=1S/C27H33FN4O2/c28-22-10-8-21(9-11-22)23-12-13-24-26(30-23)32(19-20-5-2-1-3-6-20)27(33)25(29-24)7-4-14-31-15-17-34-18-16-31/h8-13,20H,1-7,14-19H2. The third kappa shape index (κ3) is 5.36. The molecule has 0 N–H and O–H groups in total. The molecule has 0 radical (unpaired) electrons. The monoisotopic (exact) mass is 464 g/mol. The van der Waals surface area contributed by atoms with E-state index < -0.39 is 0 Å². The summed E-state index contributed by atoms with van der Waals surface area (Å²) in [5.41, 5.74) is 3.56. The van der Waals surface area contributed by atoms with E-state index in [4.69, 9.17) is 14.7 Å². The first-order valence-corrected chi connectivity index (χ1v) is 12.6. The van der Waals surface area contributed by atoms with Gasteiger partial charge in [0.25, 0.3) is 5.56 Å². The fourth-order valence-corrected chi connectivity index (χ4v) is 5.21. The van der Waals surface area contributed by atoms with Gasteiger partial charge in [-0.1, -0.05) is 19.3 Å². The third-order valence-electron chi connectivity index (χ3n) is 7.15. The Labute approximate surface area is 199 Å². The van der Waals surface area contributed by atoms with Crippen LogP contribution in [0.25, 0.3) is 22.4 Å². The summed E-state index contributed by atoms with van der Waals surface area (Å²) in [4.78, 5) is 25.6. The lowest BCUT2D eigenvalue weighted by atomic mass is 9.89. The van der Waals surface area contributed by atoms with Crippen LogP contribution in [-0.2, 0) is 17.7 Å². The Morgan fingerprint density at radius 1 is 0.971 bits per heavy atom. The molecular formula is C27H33FN4O2. The number of aromatic nitrogens is 3. The lowest BCUT2D eigenvalue weighted by molar-refractivity contribution is 0.0374. The first-order valence-electron chi connectivity index (χ1n) is 12.6. The number of pyridine rings is 1. The zero-order valence-electron chi connectivity index (χ0n) is 19.7. The molecule has 3 heterocycles. The summed E-state index contributed by atoms with van der Waals surface area (Å²) in [6, 6.07) is 10.2. The van der Waals surface area contributed by atoms with Crippen LogP contribution in [0.5, 0.6) is 0 Å². The Hall–Kier alpha value is -2.64. The van der Waals surface area contributed by atoms with Crippen LogP contribution < -0.4 is 5.56 Å². The highest BCUT2D eigenvalue weighted by atomic mass is 19.1. The van der Waals surface area contributed by atoms with Gasteiger partial charge >= 0.3 is 0 Å². The molecule has 1 aromatic carbocycles. The van der Waals surface area contributed by atoms with E-state index in [0.29, 0.717) is 30.2 Å². The molecule has 1 aliphatic carbocycles. The van der Waals surface area contributed by atoms with E-state index in [-0.39, 0.29) is 11.4 Å². The molecule has 7 heteroatoms. The van der Waals surface area contributed by atoms with Crippen molar-refractivity contribution >= 4 is 11.2 Å². The minimum absolute atomic E-state index is 0.0104. The second kappa shape index (κ2) is 10.7. The maximum Gasteiger partial charge on any atom is 0.273 e.